The lowest BCUT2D eigenvalue weighted by atomic mass is 9.83. The number of nitrogens with one attached hydrogen (secondary N) is 1. The molecule has 0 aliphatic carbocycles. The smallest absolute Gasteiger partial charge is 0.0439 e. The van der Waals surface area contributed by atoms with Gasteiger partial charge in [0.15, 0.2) is 0 Å². The van der Waals surface area contributed by atoms with Crippen molar-refractivity contribution >= 4 is 5.71 Å². The maximum absolute atomic E-state index is 8.11. The summed E-state index contributed by atoms with van der Waals surface area (Å²) in [4.78, 5) is 0. The van der Waals surface area contributed by atoms with Gasteiger partial charge in [0.2, 0.25) is 0 Å². The van der Waals surface area contributed by atoms with Crippen molar-refractivity contribution in [2.24, 2.45) is 5.41 Å². The molecule has 1 nitrogen and oxygen atoms in total. The molecule has 0 radical (unpaired) electrons. The van der Waals surface area contributed by atoms with Crippen molar-refractivity contribution in [2.75, 3.05) is 0 Å². The van der Waals surface area contributed by atoms with E-state index in [9.17, 15) is 0 Å². The predicted molar refractivity (Wildman–Crippen MR) is 71.4 cm³/mol. The topological polar surface area (TPSA) is 23.9 Å². The van der Waals surface area contributed by atoms with Gasteiger partial charge in [0.1, 0.15) is 0 Å². The molecule has 1 N–H and O–H groups in total. The van der Waals surface area contributed by atoms with Crippen molar-refractivity contribution in [1.82, 2.24) is 0 Å². The molecule has 88 valence electrons. The van der Waals surface area contributed by atoms with Gasteiger partial charge in [-0.1, -0.05) is 65.8 Å². The lowest BCUT2D eigenvalue weighted by molar-refractivity contribution is 0.586. The van der Waals surface area contributed by atoms with E-state index >= 15 is 0 Å². The summed E-state index contributed by atoms with van der Waals surface area (Å²) in [5.41, 5.74) is 3.15. The van der Waals surface area contributed by atoms with Gasteiger partial charge in [0, 0.05) is 11.1 Å². The maximum atomic E-state index is 8.11. The Morgan fingerprint density at radius 2 is 1.31 bits per heavy atom. The van der Waals surface area contributed by atoms with Gasteiger partial charge in [-0.05, 0) is 16.5 Å². The van der Waals surface area contributed by atoms with Gasteiger partial charge >= 0.3 is 0 Å². The summed E-state index contributed by atoms with van der Waals surface area (Å²) in [6.45, 7) is 12.8. The van der Waals surface area contributed by atoms with E-state index < -0.39 is 0 Å². The van der Waals surface area contributed by atoms with Gasteiger partial charge in [-0.3, -0.25) is 0 Å². The fraction of sp³-hybridized carbons (Fsp3) is 0.533. The highest BCUT2D eigenvalue weighted by atomic mass is 14.5. The molecule has 0 saturated heterocycles. The lowest BCUT2D eigenvalue weighted by Crippen LogP contribution is -2.20. The fourth-order valence-corrected chi connectivity index (χ4v) is 1.57. The molecule has 0 aromatic heterocycles. The summed E-state index contributed by atoms with van der Waals surface area (Å²) in [5, 5.41) is 8.11. The molecule has 0 saturated carbocycles. The van der Waals surface area contributed by atoms with E-state index in [0.717, 1.165) is 5.56 Å². The molecule has 0 aliphatic heterocycles. The van der Waals surface area contributed by atoms with Crippen LogP contribution in [-0.2, 0) is 5.41 Å². The molecule has 1 aromatic carbocycles. The summed E-state index contributed by atoms with van der Waals surface area (Å²) < 4.78 is 0. The zero-order valence-corrected chi connectivity index (χ0v) is 11.3. The van der Waals surface area contributed by atoms with E-state index in [1.54, 1.807) is 0 Å². The molecule has 0 fully saturated rings. The molecule has 0 atom stereocenters. The van der Waals surface area contributed by atoms with Gasteiger partial charge < -0.3 is 5.41 Å². The van der Waals surface area contributed by atoms with Crippen LogP contribution >= 0.6 is 0 Å². The molecule has 16 heavy (non-hydrogen) atoms. The second-order valence-corrected chi connectivity index (χ2v) is 6.45. The van der Waals surface area contributed by atoms with Crippen LogP contribution < -0.4 is 0 Å². The first-order chi connectivity index (χ1) is 7.12. The second-order valence-electron chi connectivity index (χ2n) is 6.45. The van der Waals surface area contributed by atoms with Crippen molar-refractivity contribution < 1.29 is 0 Å². The normalized spacial score (nSPS) is 12.6. The first-order valence-corrected chi connectivity index (χ1v) is 5.82. The molecular weight excluding hydrogens is 194 g/mol. The fourth-order valence-electron chi connectivity index (χ4n) is 1.57. The van der Waals surface area contributed by atoms with Crippen LogP contribution in [0.25, 0.3) is 0 Å². The van der Waals surface area contributed by atoms with Crippen LogP contribution in [0.1, 0.15) is 52.7 Å². The van der Waals surface area contributed by atoms with Gasteiger partial charge in [-0.15, -0.1) is 0 Å². The Morgan fingerprint density at radius 1 is 0.875 bits per heavy atom. The largest absolute Gasteiger partial charge is 0.304 e. The molecule has 0 heterocycles. The highest BCUT2D eigenvalue weighted by Gasteiger charge is 2.19. The van der Waals surface area contributed by atoms with Crippen LogP contribution in [0.2, 0.25) is 0 Å². The SMILES string of the molecule is CC(C)(C)C(=N)c1ccc(C(C)(C)C)cc1. The highest BCUT2D eigenvalue weighted by Crippen LogP contribution is 2.25. The minimum absolute atomic E-state index is 0.0801. The van der Waals surface area contributed by atoms with Crippen LogP contribution in [0, 0.1) is 10.8 Å². The maximum Gasteiger partial charge on any atom is 0.0439 e. The van der Waals surface area contributed by atoms with E-state index in [0.29, 0.717) is 5.71 Å². The van der Waals surface area contributed by atoms with Crippen LogP contribution in [-0.4, -0.2) is 5.71 Å². The number of rotatable bonds is 1. The van der Waals surface area contributed by atoms with Crippen molar-refractivity contribution in [1.29, 1.82) is 5.41 Å². The minimum atomic E-state index is -0.0801. The van der Waals surface area contributed by atoms with E-state index in [1.165, 1.54) is 5.56 Å². The van der Waals surface area contributed by atoms with E-state index in [4.69, 9.17) is 5.41 Å². The average molecular weight is 217 g/mol. The third-order valence-electron chi connectivity index (χ3n) is 2.79. The Kier molecular flexibility index (Phi) is 3.27. The number of hydrogen-bond donors (Lipinski definition) is 1. The average Bonchev–Trinajstić information content (AvgIpc) is 2.14. The second kappa shape index (κ2) is 4.04. The molecule has 1 rings (SSSR count). The Hall–Kier alpha value is -1.11. The Balaban J connectivity index is 3.01. The predicted octanol–water partition coefficient (Wildman–Crippen LogP) is 4.40. The zero-order valence-electron chi connectivity index (χ0n) is 11.3. The van der Waals surface area contributed by atoms with Gasteiger partial charge in [-0.25, -0.2) is 0 Å². The third kappa shape index (κ3) is 2.94. The zero-order chi connectivity index (χ0) is 12.6. The quantitative estimate of drug-likeness (QED) is 0.674. The van der Waals surface area contributed by atoms with Crippen molar-refractivity contribution in [3.63, 3.8) is 0 Å². The minimum Gasteiger partial charge on any atom is -0.304 e. The molecule has 0 unspecified atom stereocenters. The first kappa shape index (κ1) is 13.0. The monoisotopic (exact) mass is 217 g/mol. The van der Waals surface area contributed by atoms with Crippen molar-refractivity contribution in [3.05, 3.63) is 35.4 Å². The van der Waals surface area contributed by atoms with Crippen molar-refractivity contribution in [3.8, 4) is 0 Å². The Bertz CT molecular complexity index is 371. The van der Waals surface area contributed by atoms with Crippen LogP contribution in [0.4, 0.5) is 0 Å². The summed E-state index contributed by atoms with van der Waals surface area (Å²) in [5.74, 6) is 0. The van der Waals surface area contributed by atoms with Gasteiger partial charge in [0.05, 0.1) is 0 Å². The molecular formula is C15H23N. The van der Waals surface area contributed by atoms with Crippen molar-refractivity contribution in [2.45, 2.75) is 47.0 Å². The molecule has 0 aliphatic rings. The molecule has 0 bridgehead atoms. The van der Waals surface area contributed by atoms with Gasteiger partial charge in [-0.2, -0.15) is 0 Å². The number of hydrogen-bond acceptors (Lipinski definition) is 1. The highest BCUT2D eigenvalue weighted by molar-refractivity contribution is 6.01. The van der Waals surface area contributed by atoms with Crippen LogP contribution in [0.5, 0.6) is 0 Å². The number of benzene rings is 1. The summed E-state index contributed by atoms with van der Waals surface area (Å²) in [7, 11) is 0. The molecule has 1 aromatic rings. The standard InChI is InChI=1S/C15H23N/c1-14(2,3)12-9-7-11(8-10-12)13(16)15(4,5)6/h7-10,16H,1-6H3. The van der Waals surface area contributed by atoms with Gasteiger partial charge in [0.25, 0.3) is 0 Å². The summed E-state index contributed by atoms with van der Waals surface area (Å²) in [6.07, 6.45) is 0. The molecule has 0 spiro atoms. The van der Waals surface area contributed by atoms with E-state index in [2.05, 4.69) is 65.8 Å². The third-order valence-corrected chi connectivity index (χ3v) is 2.79. The van der Waals surface area contributed by atoms with Crippen LogP contribution in [0.15, 0.2) is 24.3 Å². The Morgan fingerprint density at radius 3 is 1.62 bits per heavy atom. The molecule has 1 heteroatoms. The lowest BCUT2D eigenvalue weighted by Gasteiger charge is -2.22. The molecule has 0 amide bonds. The van der Waals surface area contributed by atoms with Crippen LogP contribution in [0.3, 0.4) is 0 Å². The summed E-state index contributed by atoms with van der Waals surface area (Å²) in [6, 6.07) is 8.40. The first-order valence-electron chi connectivity index (χ1n) is 5.82. The van der Waals surface area contributed by atoms with E-state index in [-0.39, 0.29) is 10.8 Å². The Labute approximate surface area is 99.4 Å². The van der Waals surface area contributed by atoms with E-state index in [1.807, 2.05) is 0 Å². The summed E-state index contributed by atoms with van der Waals surface area (Å²) >= 11 is 0.